The van der Waals surface area contributed by atoms with Crippen molar-refractivity contribution in [1.29, 1.82) is 0 Å². The molecule has 1 fully saturated rings. The minimum atomic E-state index is -0.0535. The van der Waals surface area contributed by atoms with Crippen molar-refractivity contribution in [2.45, 2.75) is 33.6 Å². The summed E-state index contributed by atoms with van der Waals surface area (Å²) in [5.74, 6) is 0.435. The maximum atomic E-state index is 12.5. The van der Waals surface area contributed by atoms with Gasteiger partial charge in [-0.2, -0.15) is 0 Å². The number of nitrogens with one attached hydrogen (secondary N) is 2. The van der Waals surface area contributed by atoms with Crippen LogP contribution in [0.1, 0.15) is 33.6 Å². The fourth-order valence-corrected chi connectivity index (χ4v) is 2.41. The predicted molar refractivity (Wildman–Crippen MR) is 75.7 cm³/mol. The first-order chi connectivity index (χ1) is 9.10. The zero-order valence-corrected chi connectivity index (χ0v) is 12.4. The maximum absolute atomic E-state index is 12.5. The maximum Gasteiger partial charge on any atom is 0.239 e. The van der Waals surface area contributed by atoms with E-state index < -0.39 is 0 Å². The summed E-state index contributed by atoms with van der Waals surface area (Å²) in [7, 11) is 0. The minimum absolute atomic E-state index is 0.0190. The smallest absolute Gasteiger partial charge is 0.239 e. The number of amides is 2. The molecule has 1 rings (SSSR count). The number of hydrogen-bond acceptors (Lipinski definition) is 3. The van der Waals surface area contributed by atoms with Crippen molar-refractivity contribution in [3.8, 4) is 0 Å². The van der Waals surface area contributed by atoms with Crippen LogP contribution in [0, 0.1) is 11.8 Å². The minimum Gasteiger partial charge on any atom is -0.355 e. The molecule has 5 nitrogen and oxygen atoms in total. The Morgan fingerprint density at radius 2 is 2.00 bits per heavy atom. The highest BCUT2D eigenvalue weighted by atomic mass is 16.2. The second kappa shape index (κ2) is 8.15. The van der Waals surface area contributed by atoms with Crippen molar-refractivity contribution >= 4 is 11.8 Å². The molecule has 0 radical (unpaired) electrons. The Bertz CT molecular complexity index is 307. The Hall–Kier alpha value is -1.10. The number of carbonyl (C=O) groups excluding carboxylic acids is 2. The van der Waals surface area contributed by atoms with Crippen LogP contribution >= 0.6 is 0 Å². The summed E-state index contributed by atoms with van der Waals surface area (Å²) in [4.78, 5) is 25.9. The van der Waals surface area contributed by atoms with Gasteiger partial charge in [0, 0.05) is 19.6 Å². The molecule has 1 saturated heterocycles. The number of nitrogens with zero attached hydrogens (tertiary/aromatic N) is 1. The highest BCUT2D eigenvalue weighted by Gasteiger charge is 2.33. The van der Waals surface area contributed by atoms with Gasteiger partial charge in [-0.15, -0.1) is 0 Å². The quantitative estimate of drug-likeness (QED) is 0.712. The first-order valence-electron chi connectivity index (χ1n) is 7.36. The second-order valence-electron chi connectivity index (χ2n) is 5.35. The van der Waals surface area contributed by atoms with Crippen LogP contribution in [-0.4, -0.2) is 49.4 Å². The summed E-state index contributed by atoms with van der Waals surface area (Å²) in [6.45, 7) is 9.27. The van der Waals surface area contributed by atoms with Crippen LogP contribution in [0.25, 0.3) is 0 Å². The molecule has 0 aliphatic carbocycles. The van der Waals surface area contributed by atoms with Gasteiger partial charge in [-0.1, -0.05) is 20.8 Å². The van der Waals surface area contributed by atoms with E-state index in [0.29, 0.717) is 19.0 Å². The molecule has 1 aliphatic heterocycles. The van der Waals surface area contributed by atoms with Crippen LogP contribution in [0.4, 0.5) is 0 Å². The summed E-state index contributed by atoms with van der Waals surface area (Å²) in [6.07, 6.45) is 1.79. The molecule has 1 aliphatic rings. The third-order valence-electron chi connectivity index (χ3n) is 3.55. The lowest BCUT2D eigenvalue weighted by Gasteiger charge is -2.26. The van der Waals surface area contributed by atoms with Crippen LogP contribution in [0.2, 0.25) is 0 Å². The SMILES string of the molecule is CCCNC(=O)CN(CCC)C(=O)C1CNCC1C. The topological polar surface area (TPSA) is 61.4 Å². The lowest BCUT2D eigenvalue weighted by molar-refractivity contribution is -0.139. The first-order valence-corrected chi connectivity index (χ1v) is 7.36. The Kier molecular flexibility index (Phi) is 6.84. The fourth-order valence-electron chi connectivity index (χ4n) is 2.41. The van der Waals surface area contributed by atoms with Crippen molar-refractivity contribution in [1.82, 2.24) is 15.5 Å². The largest absolute Gasteiger partial charge is 0.355 e. The molecular formula is C14H27N3O2. The van der Waals surface area contributed by atoms with E-state index in [4.69, 9.17) is 0 Å². The molecule has 0 saturated carbocycles. The molecule has 2 N–H and O–H groups in total. The normalized spacial score (nSPS) is 22.3. The summed E-state index contributed by atoms with van der Waals surface area (Å²) in [5.41, 5.74) is 0. The Morgan fingerprint density at radius 1 is 1.26 bits per heavy atom. The third-order valence-corrected chi connectivity index (χ3v) is 3.55. The van der Waals surface area contributed by atoms with Crippen molar-refractivity contribution in [3.05, 3.63) is 0 Å². The molecule has 5 heteroatoms. The van der Waals surface area contributed by atoms with E-state index in [0.717, 1.165) is 25.9 Å². The standard InChI is InChI=1S/C14H27N3O2/c1-4-6-16-13(18)10-17(7-5-2)14(19)12-9-15-8-11(12)3/h11-12,15H,4-10H2,1-3H3,(H,16,18). The molecule has 0 bridgehead atoms. The zero-order chi connectivity index (χ0) is 14.3. The summed E-state index contributed by atoms with van der Waals surface area (Å²) in [5, 5.41) is 6.07. The van der Waals surface area contributed by atoms with Crippen LogP contribution in [0.15, 0.2) is 0 Å². The van der Waals surface area contributed by atoms with Crippen molar-refractivity contribution in [2.75, 3.05) is 32.7 Å². The van der Waals surface area contributed by atoms with Gasteiger partial charge in [0.05, 0.1) is 12.5 Å². The van der Waals surface area contributed by atoms with E-state index in [1.54, 1.807) is 4.90 Å². The van der Waals surface area contributed by atoms with E-state index in [2.05, 4.69) is 17.6 Å². The van der Waals surface area contributed by atoms with E-state index >= 15 is 0 Å². The molecule has 19 heavy (non-hydrogen) atoms. The van der Waals surface area contributed by atoms with Gasteiger partial charge in [0.2, 0.25) is 11.8 Å². The molecule has 2 atom stereocenters. The van der Waals surface area contributed by atoms with E-state index in [-0.39, 0.29) is 24.3 Å². The molecular weight excluding hydrogens is 242 g/mol. The van der Waals surface area contributed by atoms with Gasteiger partial charge < -0.3 is 15.5 Å². The molecule has 0 aromatic rings. The molecule has 0 aromatic heterocycles. The molecule has 2 unspecified atom stereocenters. The van der Waals surface area contributed by atoms with Gasteiger partial charge in [0.25, 0.3) is 0 Å². The van der Waals surface area contributed by atoms with E-state index in [1.807, 2.05) is 13.8 Å². The molecule has 2 amide bonds. The van der Waals surface area contributed by atoms with Gasteiger partial charge >= 0.3 is 0 Å². The van der Waals surface area contributed by atoms with Crippen LogP contribution in [-0.2, 0) is 9.59 Å². The first kappa shape index (κ1) is 16.0. The lowest BCUT2D eigenvalue weighted by atomic mass is 9.96. The second-order valence-corrected chi connectivity index (χ2v) is 5.35. The Morgan fingerprint density at radius 3 is 2.53 bits per heavy atom. The highest BCUT2D eigenvalue weighted by Crippen LogP contribution is 2.18. The number of rotatable bonds is 7. The zero-order valence-electron chi connectivity index (χ0n) is 12.4. The Balaban J connectivity index is 2.55. The van der Waals surface area contributed by atoms with Crippen molar-refractivity contribution < 1.29 is 9.59 Å². The van der Waals surface area contributed by atoms with Gasteiger partial charge in [-0.3, -0.25) is 9.59 Å². The fraction of sp³-hybridized carbons (Fsp3) is 0.857. The molecule has 0 aromatic carbocycles. The van der Waals surface area contributed by atoms with Gasteiger partial charge in [0.15, 0.2) is 0 Å². The molecule has 110 valence electrons. The van der Waals surface area contributed by atoms with Crippen LogP contribution < -0.4 is 10.6 Å². The van der Waals surface area contributed by atoms with Crippen molar-refractivity contribution in [2.24, 2.45) is 11.8 Å². The van der Waals surface area contributed by atoms with Gasteiger partial charge in [-0.05, 0) is 25.3 Å². The summed E-state index contributed by atoms with van der Waals surface area (Å²) in [6, 6.07) is 0. The number of hydrogen-bond donors (Lipinski definition) is 2. The van der Waals surface area contributed by atoms with Crippen LogP contribution in [0.3, 0.4) is 0 Å². The average molecular weight is 269 g/mol. The average Bonchev–Trinajstić information content (AvgIpc) is 2.81. The molecule has 1 heterocycles. The lowest BCUT2D eigenvalue weighted by Crippen LogP contribution is -2.45. The molecule has 0 spiro atoms. The summed E-state index contributed by atoms with van der Waals surface area (Å²) >= 11 is 0. The Labute approximate surface area is 116 Å². The van der Waals surface area contributed by atoms with Gasteiger partial charge in [0.1, 0.15) is 0 Å². The number of carbonyl (C=O) groups is 2. The predicted octanol–water partition coefficient (Wildman–Crippen LogP) is 0.607. The third kappa shape index (κ3) is 4.82. The monoisotopic (exact) mass is 269 g/mol. The van der Waals surface area contributed by atoms with E-state index in [9.17, 15) is 9.59 Å². The highest BCUT2D eigenvalue weighted by molar-refractivity contribution is 5.86. The van der Waals surface area contributed by atoms with Gasteiger partial charge in [-0.25, -0.2) is 0 Å². The van der Waals surface area contributed by atoms with E-state index in [1.165, 1.54) is 0 Å². The summed E-state index contributed by atoms with van der Waals surface area (Å²) < 4.78 is 0. The van der Waals surface area contributed by atoms with Crippen LogP contribution in [0.5, 0.6) is 0 Å². The van der Waals surface area contributed by atoms with Crippen molar-refractivity contribution in [3.63, 3.8) is 0 Å².